The highest BCUT2D eigenvalue weighted by Crippen LogP contribution is 2.31. The third-order valence-corrected chi connectivity index (χ3v) is 3.36. The van der Waals surface area contributed by atoms with E-state index in [1.54, 1.807) is 0 Å². The Balaban J connectivity index is 2.03. The average Bonchev–Trinajstić information content (AvgIpc) is 2.67. The zero-order valence-electron chi connectivity index (χ0n) is 11.9. The smallest absolute Gasteiger partial charge is 0.147 e. The van der Waals surface area contributed by atoms with Gasteiger partial charge in [-0.2, -0.15) is 0 Å². The Morgan fingerprint density at radius 2 is 2.17 bits per heavy atom. The Hall–Kier alpha value is -1.16. The van der Waals surface area contributed by atoms with Crippen LogP contribution in [0.4, 0.5) is 5.82 Å². The Labute approximate surface area is 110 Å². The van der Waals surface area contributed by atoms with Gasteiger partial charge in [-0.25, -0.2) is 4.98 Å². The van der Waals surface area contributed by atoms with Gasteiger partial charge < -0.3 is 10.2 Å². The summed E-state index contributed by atoms with van der Waals surface area (Å²) in [4.78, 5) is 11.3. The fraction of sp³-hybridized carbons (Fsp3) is 0.714. The van der Waals surface area contributed by atoms with E-state index in [1.807, 2.05) is 12.4 Å². The topological polar surface area (TPSA) is 41.1 Å². The van der Waals surface area contributed by atoms with Gasteiger partial charge in [0.05, 0.1) is 11.9 Å². The van der Waals surface area contributed by atoms with Crippen molar-refractivity contribution in [1.82, 2.24) is 15.3 Å². The molecule has 0 spiro atoms. The minimum atomic E-state index is 0.397. The quantitative estimate of drug-likeness (QED) is 0.887. The highest BCUT2D eigenvalue weighted by molar-refractivity contribution is 5.38. The van der Waals surface area contributed by atoms with Gasteiger partial charge in [-0.05, 0) is 11.8 Å². The summed E-state index contributed by atoms with van der Waals surface area (Å²) in [6.45, 7) is 11.8. The summed E-state index contributed by atoms with van der Waals surface area (Å²) >= 11 is 0. The molecule has 2 heterocycles. The predicted molar refractivity (Wildman–Crippen MR) is 74.6 cm³/mol. The molecule has 0 aliphatic carbocycles. The van der Waals surface area contributed by atoms with Crippen LogP contribution in [-0.2, 0) is 6.54 Å². The average molecular weight is 248 g/mol. The molecule has 0 unspecified atom stereocenters. The SMILES string of the molecule is CC(C)NCc1cncc(N2CCC(C)(C)C2)n1. The highest BCUT2D eigenvalue weighted by atomic mass is 15.2. The Morgan fingerprint density at radius 1 is 1.39 bits per heavy atom. The number of anilines is 1. The summed E-state index contributed by atoms with van der Waals surface area (Å²) in [6, 6.07) is 0.473. The molecule has 1 aromatic heterocycles. The lowest BCUT2D eigenvalue weighted by Crippen LogP contribution is -2.25. The second-order valence-electron chi connectivity index (χ2n) is 6.24. The molecule has 4 heteroatoms. The molecule has 2 rings (SSSR count). The van der Waals surface area contributed by atoms with Gasteiger partial charge in [0.1, 0.15) is 5.82 Å². The molecule has 0 saturated carbocycles. The van der Waals surface area contributed by atoms with Crippen molar-refractivity contribution < 1.29 is 0 Å². The van der Waals surface area contributed by atoms with E-state index < -0.39 is 0 Å². The summed E-state index contributed by atoms with van der Waals surface area (Å²) in [7, 11) is 0. The summed E-state index contributed by atoms with van der Waals surface area (Å²) < 4.78 is 0. The summed E-state index contributed by atoms with van der Waals surface area (Å²) in [5.74, 6) is 1.02. The molecule has 1 fully saturated rings. The van der Waals surface area contributed by atoms with Crippen molar-refractivity contribution in [3.63, 3.8) is 0 Å². The molecule has 0 bridgehead atoms. The fourth-order valence-corrected chi connectivity index (χ4v) is 2.25. The Morgan fingerprint density at radius 3 is 2.78 bits per heavy atom. The predicted octanol–water partition coefficient (Wildman–Crippen LogP) is 2.21. The molecule has 1 aliphatic rings. The molecular formula is C14H24N4. The number of hydrogen-bond acceptors (Lipinski definition) is 4. The van der Waals surface area contributed by atoms with E-state index in [0.29, 0.717) is 11.5 Å². The summed E-state index contributed by atoms with van der Waals surface area (Å²) in [6.07, 6.45) is 4.95. The zero-order chi connectivity index (χ0) is 13.2. The second kappa shape index (κ2) is 5.22. The minimum absolute atomic E-state index is 0.397. The van der Waals surface area contributed by atoms with E-state index in [9.17, 15) is 0 Å². The lowest BCUT2D eigenvalue weighted by Gasteiger charge is -2.20. The highest BCUT2D eigenvalue weighted by Gasteiger charge is 2.29. The molecule has 1 saturated heterocycles. The van der Waals surface area contributed by atoms with E-state index >= 15 is 0 Å². The lowest BCUT2D eigenvalue weighted by molar-refractivity contribution is 0.418. The molecular weight excluding hydrogens is 224 g/mol. The van der Waals surface area contributed by atoms with Gasteiger partial charge in [-0.3, -0.25) is 4.98 Å². The van der Waals surface area contributed by atoms with Crippen LogP contribution in [0.1, 0.15) is 39.8 Å². The molecule has 1 aliphatic heterocycles. The maximum absolute atomic E-state index is 4.69. The van der Waals surface area contributed by atoms with E-state index in [4.69, 9.17) is 4.98 Å². The van der Waals surface area contributed by atoms with E-state index in [2.05, 4.69) is 42.9 Å². The van der Waals surface area contributed by atoms with E-state index in [0.717, 1.165) is 31.1 Å². The molecule has 0 aromatic carbocycles. The first-order valence-electron chi connectivity index (χ1n) is 6.75. The third kappa shape index (κ3) is 3.42. The Bertz CT molecular complexity index is 401. The molecule has 0 amide bonds. The van der Waals surface area contributed by atoms with Crippen LogP contribution in [0.5, 0.6) is 0 Å². The van der Waals surface area contributed by atoms with Crippen LogP contribution in [0.15, 0.2) is 12.4 Å². The van der Waals surface area contributed by atoms with Gasteiger partial charge in [0, 0.05) is 31.9 Å². The van der Waals surface area contributed by atoms with Crippen molar-refractivity contribution in [3.05, 3.63) is 18.1 Å². The van der Waals surface area contributed by atoms with Gasteiger partial charge >= 0.3 is 0 Å². The van der Waals surface area contributed by atoms with Crippen LogP contribution in [-0.4, -0.2) is 29.1 Å². The number of aromatic nitrogens is 2. The first kappa shape index (κ1) is 13.3. The number of rotatable bonds is 4. The maximum atomic E-state index is 4.69. The molecule has 18 heavy (non-hydrogen) atoms. The van der Waals surface area contributed by atoms with Gasteiger partial charge in [0.2, 0.25) is 0 Å². The molecule has 4 nitrogen and oxygen atoms in total. The first-order chi connectivity index (χ1) is 8.46. The normalized spacial score (nSPS) is 18.6. The van der Waals surface area contributed by atoms with Crippen molar-refractivity contribution in [2.75, 3.05) is 18.0 Å². The zero-order valence-corrected chi connectivity index (χ0v) is 11.9. The molecule has 1 N–H and O–H groups in total. The van der Waals surface area contributed by atoms with Crippen LogP contribution < -0.4 is 10.2 Å². The van der Waals surface area contributed by atoms with Crippen molar-refractivity contribution in [3.8, 4) is 0 Å². The van der Waals surface area contributed by atoms with Crippen LogP contribution in [0.2, 0.25) is 0 Å². The molecule has 100 valence electrons. The summed E-state index contributed by atoms with van der Waals surface area (Å²) in [5.41, 5.74) is 1.42. The van der Waals surface area contributed by atoms with Crippen molar-refractivity contribution in [2.24, 2.45) is 5.41 Å². The van der Waals surface area contributed by atoms with Crippen LogP contribution >= 0.6 is 0 Å². The van der Waals surface area contributed by atoms with Gasteiger partial charge in [-0.1, -0.05) is 27.7 Å². The monoisotopic (exact) mass is 248 g/mol. The van der Waals surface area contributed by atoms with Gasteiger partial charge in [-0.15, -0.1) is 0 Å². The Kier molecular flexibility index (Phi) is 3.85. The second-order valence-corrected chi connectivity index (χ2v) is 6.24. The van der Waals surface area contributed by atoms with Crippen LogP contribution in [0, 0.1) is 5.41 Å². The maximum Gasteiger partial charge on any atom is 0.147 e. The first-order valence-corrected chi connectivity index (χ1v) is 6.75. The van der Waals surface area contributed by atoms with Crippen molar-refractivity contribution >= 4 is 5.82 Å². The lowest BCUT2D eigenvalue weighted by atomic mass is 9.93. The fourth-order valence-electron chi connectivity index (χ4n) is 2.25. The largest absolute Gasteiger partial charge is 0.355 e. The number of nitrogens with one attached hydrogen (secondary N) is 1. The summed E-state index contributed by atoms with van der Waals surface area (Å²) in [5, 5.41) is 3.37. The van der Waals surface area contributed by atoms with Crippen molar-refractivity contribution in [1.29, 1.82) is 0 Å². The van der Waals surface area contributed by atoms with Crippen molar-refractivity contribution in [2.45, 2.75) is 46.7 Å². The number of hydrogen-bond donors (Lipinski definition) is 1. The number of nitrogens with zero attached hydrogens (tertiary/aromatic N) is 3. The van der Waals surface area contributed by atoms with Gasteiger partial charge in [0.15, 0.2) is 0 Å². The molecule has 0 radical (unpaired) electrons. The molecule has 0 atom stereocenters. The molecule has 1 aromatic rings. The minimum Gasteiger partial charge on any atom is -0.355 e. The van der Waals surface area contributed by atoms with Gasteiger partial charge in [0.25, 0.3) is 0 Å². The van der Waals surface area contributed by atoms with Crippen LogP contribution in [0.25, 0.3) is 0 Å². The third-order valence-electron chi connectivity index (χ3n) is 3.36. The van der Waals surface area contributed by atoms with E-state index in [1.165, 1.54) is 6.42 Å². The standard InChI is InChI=1S/C14H24N4/c1-11(2)16-8-12-7-15-9-13(17-12)18-6-5-14(3,4)10-18/h7,9,11,16H,5-6,8,10H2,1-4H3. The van der Waals surface area contributed by atoms with E-state index in [-0.39, 0.29) is 0 Å². The van der Waals surface area contributed by atoms with Crippen LogP contribution in [0.3, 0.4) is 0 Å².